The largest absolute Gasteiger partial charge is 0.461 e. The molecule has 0 aliphatic carbocycles. The number of aromatic nitrogens is 6. The van der Waals surface area contributed by atoms with E-state index in [1.807, 2.05) is 30.3 Å². The highest BCUT2D eigenvalue weighted by Gasteiger charge is 2.32. The fourth-order valence-electron chi connectivity index (χ4n) is 5.03. The molecule has 0 saturated carbocycles. The van der Waals surface area contributed by atoms with Crippen LogP contribution in [-0.2, 0) is 17.8 Å². The molecule has 0 bridgehead atoms. The normalized spacial score (nSPS) is 14.2. The first-order valence-electron chi connectivity index (χ1n) is 12.1. The predicted octanol–water partition coefficient (Wildman–Crippen LogP) is 3.63. The second-order valence-corrected chi connectivity index (χ2v) is 9.18. The Hall–Kier alpha value is -5.06. The van der Waals surface area contributed by atoms with Crippen molar-refractivity contribution in [3.05, 3.63) is 95.6 Å². The van der Waals surface area contributed by atoms with Crippen molar-refractivity contribution in [1.82, 2.24) is 34.3 Å². The number of carbonyl (C=O) groups excluding carboxylic acids is 1. The number of amides is 1. The van der Waals surface area contributed by atoms with Gasteiger partial charge < -0.3 is 15.1 Å². The molecule has 0 saturated heterocycles. The summed E-state index contributed by atoms with van der Waals surface area (Å²) in [5, 5.41) is 9.64. The molecule has 6 aromatic rings. The van der Waals surface area contributed by atoms with Crippen LogP contribution in [0.15, 0.2) is 77.5 Å². The summed E-state index contributed by atoms with van der Waals surface area (Å²) in [4.78, 5) is 25.1. The SMILES string of the molecule is Nc1nc2c(cnn2C(C(=O)N2CCc3cc(F)ccc3C2)c2ccccc2)c2nc(-c3ccco3)nn12. The standard InChI is InChI=1S/C27H21FN8O2/c28-19-9-8-18-15-34(11-10-17(18)13-19)26(37)22(16-5-2-1-3-6-16)35-25-20(14-30-35)24-31-23(21-7-4-12-38-21)33-36(24)27(29)32-25/h1-9,12-14,22H,10-11,15H2,(H2,29,32). The number of carbonyl (C=O) groups is 1. The third kappa shape index (κ3) is 3.51. The molecule has 1 aliphatic heterocycles. The highest BCUT2D eigenvalue weighted by molar-refractivity contribution is 5.92. The summed E-state index contributed by atoms with van der Waals surface area (Å²) in [5.74, 6) is 0.549. The summed E-state index contributed by atoms with van der Waals surface area (Å²) in [6.07, 6.45) is 3.73. The van der Waals surface area contributed by atoms with Gasteiger partial charge in [-0.05, 0) is 47.4 Å². The van der Waals surface area contributed by atoms with Crippen molar-refractivity contribution in [3.63, 3.8) is 0 Å². The lowest BCUT2D eigenvalue weighted by atomic mass is 9.98. The van der Waals surface area contributed by atoms with E-state index in [1.54, 1.807) is 46.3 Å². The molecule has 38 heavy (non-hydrogen) atoms. The first-order chi connectivity index (χ1) is 18.6. The molecule has 1 unspecified atom stereocenters. The zero-order chi connectivity index (χ0) is 25.8. The molecule has 5 heterocycles. The molecule has 7 rings (SSSR count). The van der Waals surface area contributed by atoms with Crippen LogP contribution in [0.25, 0.3) is 28.3 Å². The number of furan rings is 1. The van der Waals surface area contributed by atoms with Gasteiger partial charge in [0.2, 0.25) is 11.8 Å². The Morgan fingerprint density at radius 2 is 1.89 bits per heavy atom. The molecule has 0 spiro atoms. The van der Waals surface area contributed by atoms with Crippen molar-refractivity contribution in [3.8, 4) is 11.6 Å². The van der Waals surface area contributed by atoms with Gasteiger partial charge in [-0.1, -0.05) is 36.4 Å². The third-order valence-electron chi connectivity index (χ3n) is 6.88. The fourth-order valence-corrected chi connectivity index (χ4v) is 5.03. The van der Waals surface area contributed by atoms with Gasteiger partial charge in [0.05, 0.1) is 17.8 Å². The van der Waals surface area contributed by atoms with Crippen LogP contribution in [0.1, 0.15) is 22.7 Å². The molecule has 2 aromatic carbocycles. The number of halogens is 1. The van der Waals surface area contributed by atoms with Crippen molar-refractivity contribution >= 4 is 28.5 Å². The molecule has 0 fully saturated rings. The van der Waals surface area contributed by atoms with Crippen LogP contribution in [0.2, 0.25) is 0 Å². The third-order valence-corrected chi connectivity index (χ3v) is 6.88. The molecule has 10 nitrogen and oxygen atoms in total. The van der Waals surface area contributed by atoms with E-state index in [2.05, 4.69) is 20.2 Å². The summed E-state index contributed by atoms with van der Waals surface area (Å²) in [7, 11) is 0. The molecule has 1 atom stereocenters. The molecular formula is C27H21FN8O2. The predicted molar refractivity (Wildman–Crippen MR) is 136 cm³/mol. The molecule has 188 valence electrons. The van der Waals surface area contributed by atoms with Gasteiger partial charge in [0.25, 0.3) is 5.91 Å². The maximum absolute atomic E-state index is 14.1. The van der Waals surface area contributed by atoms with Crippen molar-refractivity contribution < 1.29 is 13.6 Å². The van der Waals surface area contributed by atoms with Gasteiger partial charge in [-0.2, -0.15) is 14.6 Å². The van der Waals surface area contributed by atoms with Gasteiger partial charge in [-0.3, -0.25) is 4.79 Å². The lowest BCUT2D eigenvalue weighted by Crippen LogP contribution is -2.41. The maximum atomic E-state index is 14.1. The van der Waals surface area contributed by atoms with Crippen LogP contribution in [0, 0.1) is 5.82 Å². The Morgan fingerprint density at radius 3 is 2.71 bits per heavy atom. The molecule has 1 aliphatic rings. The van der Waals surface area contributed by atoms with Crippen LogP contribution in [-0.4, -0.2) is 46.7 Å². The van der Waals surface area contributed by atoms with E-state index in [4.69, 9.17) is 10.2 Å². The minimum atomic E-state index is -0.794. The fraction of sp³-hybridized carbons (Fsp3) is 0.148. The van der Waals surface area contributed by atoms with Gasteiger partial charge >= 0.3 is 0 Å². The summed E-state index contributed by atoms with van der Waals surface area (Å²) in [6.45, 7) is 0.849. The smallest absolute Gasteiger partial charge is 0.252 e. The van der Waals surface area contributed by atoms with Gasteiger partial charge in [-0.15, -0.1) is 5.10 Å². The Kier molecular flexibility index (Phi) is 4.96. The van der Waals surface area contributed by atoms with E-state index in [9.17, 15) is 9.18 Å². The molecule has 2 N–H and O–H groups in total. The summed E-state index contributed by atoms with van der Waals surface area (Å²) in [6, 6.07) is 16.8. The average molecular weight is 509 g/mol. The van der Waals surface area contributed by atoms with Crippen LogP contribution in [0.3, 0.4) is 0 Å². The zero-order valence-corrected chi connectivity index (χ0v) is 20.0. The van der Waals surface area contributed by atoms with Gasteiger partial charge in [-0.25, -0.2) is 14.1 Å². The number of nitrogens with two attached hydrogens (primary N) is 1. The van der Waals surface area contributed by atoms with E-state index >= 15 is 0 Å². The number of fused-ring (bicyclic) bond motifs is 4. The average Bonchev–Trinajstić information content (AvgIpc) is 3.69. The molecule has 11 heteroatoms. The number of rotatable bonds is 4. The van der Waals surface area contributed by atoms with E-state index in [0.29, 0.717) is 47.8 Å². The topological polar surface area (TPSA) is 120 Å². The minimum Gasteiger partial charge on any atom is -0.461 e. The van der Waals surface area contributed by atoms with Crippen molar-refractivity contribution in [2.45, 2.75) is 19.0 Å². The van der Waals surface area contributed by atoms with Crippen LogP contribution >= 0.6 is 0 Å². The van der Waals surface area contributed by atoms with Crippen LogP contribution in [0.4, 0.5) is 10.3 Å². The summed E-state index contributed by atoms with van der Waals surface area (Å²) < 4.78 is 22.2. The minimum absolute atomic E-state index is 0.104. The second-order valence-electron chi connectivity index (χ2n) is 9.18. The molecule has 0 radical (unpaired) electrons. The van der Waals surface area contributed by atoms with Crippen LogP contribution in [0.5, 0.6) is 0 Å². The van der Waals surface area contributed by atoms with E-state index < -0.39 is 6.04 Å². The Bertz CT molecular complexity index is 1810. The first-order valence-corrected chi connectivity index (χ1v) is 12.1. The Morgan fingerprint density at radius 1 is 1.03 bits per heavy atom. The number of hydrogen-bond donors (Lipinski definition) is 1. The van der Waals surface area contributed by atoms with E-state index in [1.165, 1.54) is 10.6 Å². The molecule has 1 amide bonds. The van der Waals surface area contributed by atoms with Crippen LogP contribution < -0.4 is 5.73 Å². The van der Waals surface area contributed by atoms with E-state index in [0.717, 1.165) is 16.7 Å². The van der Waals surface area contributed by atoms with Gasteiger partial charge in [0.15, 0.2) is 23.1 Å². The Balaban J connectivity index is 1.34. The summed E-state index contributed by atoms with van der Waals surface area (Å²) >= 11 is 0. The second kappa shape index (κ2) is 8.51. The maximum Gasteiger partial charge on any atom is 0.252 e. The number of hydrogen-bond acceptors (Lipinski definition) is 7. The Labute approximate surface area is 215 Å². The first kappa shape index (κ1) is 22.2. The highest BCUT2D eigenvalue weighted by atomic mass is 19.1. The highest BCUT2D eigenvalue weighted by Crippen LogP contribution is 2.30. The number of nitrogen functional groups attached to an aromatic ring is 1. The number of nitrogens with zero attached hydrogens (tertiary/aromatic N) is 7. The van der Waals surface area contributed by atoms with Crippen molar-refractivity contribution in [2.75, 3.05) is 12.3 Å². The summed E-state index contributed by atoms with van der Waals surface area (Å²) in [5.41, 5.74) is 9.77. The number of benzene rings is 2. The lowest BCUT2D eigenvalue weighted by Gasteiger charge is -2.32. The quantitative estimate of drug-likeness (QED) is 0.386. The van der Waals surface area contributed by atoms with E-state index in [-0.39, 0.29) is 17.7 Å². The molecule has 4 aromatic heterocycles. The van der Waals surface area contributed by atoms with Gasteiger partial charge in [0.1, 0.15) is 5.82 Å². The monoisotopic (exact) mass is 508 g/mol. The lowest BCUT2D eigenvalue weighted by molar-refractivity contribution is -0.134. The zero-order valence-electron chi connectivity index (χ0n) is 20.0. The van der Waals surface area contributed by atoms with Crippen molar-refractivity contribution in [2.24, 2.45) is 0 Å². The molecular weight excluding hydrogens is 487 g/mol. The van der Waals surface area contributed by atoms with Crippen molar-refractivity contribution in [1.29, 1.82) is 0 Å². The number of anilines is 1. The van der Waals surface area contributed by atoms with Gasteiger partial charge in [0, 0.05) is 13.1 Å².